The van der Waals surface area contributed by atoms with Crippen LogP contribution in [0.5, 0.6) is 0 Å². The summed E-state index contributed by atoms with van der Waals surface area (Å²) in [5.74, 6) is -0.879. The monoisotopic (exact) mass is 404 g/mol. The van der Waals surface area contributed by atoms with E-state index in [9.17, 15) is 17.6 Å². The van der Waals surface area contributed by atoms with E-state index in [4.69, 9.17) is 0 Å². The van der Waals surface area contributed by atoms with Gasteiger partial charge >= 0.3 is 0 Å². The van der Waals surface area contributed by atoms with Gasteiger partial charge in [-0.3, -0.25) is 4.79 Å². The van der Waals surface area contributed by atoms with Crippen LogP contribution in [0.15, 0.2) is 47.4 Å². The number of piperidine rings is 1. The summed E-state index contributed by atoms with van der Waals surface area (Å²) in [5.41, 5.74) is 2.27. The molecule has 0 saturated carbocycles. The Morgan fingerprint density at radius 1 is 1.21 bits per heavy atom. The summed E-state index contributed by atoms with van der Waals surface area (Å²) in [6, 6.07) is 11.8. The van der Waals surface area contributed by atoms with Crippen LogP contribution < -0.4 is 5.32 Å². The lowest BCUT2D eigenvalue weighted by atomic mass is 9.92. The van der Waals surface area contributed by atoms with Crippen LogP contribution in [0.4, 0.5) is 10.1 Å². The van der Waals surface area contributed by atoms with Gasteiger partial charge in [-0.15, -0.1) is 0 Å². The molecule has 7 heteroatoms. The maximum Gasteiger partial charge on any atom is 0.243 e. The van der Waals surface area contributed by atoms with Gasteiger partial charge in [0.2, 0.25) is 15.9 Å². The van der Waals surface area contributed by atoms with Gasteiger partial charge in [-0.2, -0.15) is 4.31 Å². The Bertz CT molecular complexity index is 958. The zero-order valence-electron chi connectivity index (χ0n) is 16.1. The number of rotatable bonds is 5. The second-order valence-corrected chi connectivity index (χ2v) is 9.32. The van der Waals surface area contributed by atoms with Crippen molar-refractivity contribution in [3.8, 4) is 0 Å². The van der Waals surface area contributed by atoms with Gasteiger partial charge in [0, 0.05) is 20.0 Å². The number of sulfonamides is 1. The Kier molecular flexibility index (Phi) is 6.15. The third-order valence-corrected chi connectivity index (χ3v) is 6.87. The Labute approximate surface area is 165 Å². The van der Waals surface area contributed by atoms with Crippen molar-refractivity contribution in [1.82, 2.24) is 4.31 Å². The van der Waals surface area contributed by atoms with Crippen LogP contribution in [-0.4, -0.2) is 31.7 Å². The lowest BCUT2D eigenvalue weighted by molar-refractivity contribution is -0.114. The molecule has 1 N–H and O–H groups in total. The summed E-state index contributed by atoms with van der Waals surface area (Å²) >= 11 is 0. The fraction of sp³-hybridized carbons (Fsp3) is 0.381. The molecule has 150 valence electrons. The van der Waals surface area contributed by atoms with Crippen molar-refractivity contribution in [2.24, 2.45) is 5.92 Å². The molecule has 1 heterocycles. The molecule has 1 amide bonds. The van der Waals surface area contributed by atoms with Crippen molar-refractivity contribution >= 4 is 21.6 Å². The van der Waals surface area contributed by atoms with Crippen molar-refractivity contribution in [2.45, 2.75) is 38.0 Å². The van der Waals surface area contributed by atoms with Gasteiger partial charge in [-0.1, -0.05) is 29.8 Å². The quantitative estimate of drug-likeness (QED) is 0.826. The minimum Gasteiger partial charge on any atom is -0.324 e. The summed E-state index contributed by atoms with van der Waals surface area (Å²) in [7, 11) is -3.75. The van der Waals surface area contributed by atoms with E-state index in [-0.39, 0.29) is 16.5 Å². The van der Waals surface area contributed by atoms with E-state index in [2.05, 4.69) is 29.6 Å². The predicted octanol–water partition coefficient (Wildman–Crippen LogP) is 3.74. The van der Waals surface area contributed by atoms with E-state index >= 15 is 0 Å². The number of nitrogens with one attached hydrogen (secondary N) is 1. The van der Waals surface area contributed by atoms with E-state index in [0.717, 1.165) is 25.3 Å². The van der Waals surface area contributed by atoms with Crippen molar-refractivity contribution in [2.75, 3.05) is 18.4 Å². The summed E-state index contributed by atoms with van der Waals surface area (Å²) in [4.78, 5) is 11.2. The third-order valence-electron chi connectivity index (χ3n) is 5.01. The van der Waals surface area contributed by atoms with Crippen LogP contribution in [0, 0.1) is 18.7 Å². The van der Waals surface area contributed by atoms with E-state index in [1.165, 1.54) is 34.5 Å². The molecule has 1 saturated heterocycles. The van der Waals surface area contributed by atoms with Crippen LogP contribution in [-0.2, 0) is 21.2 Å². The molecular formula is C21H25FN2O3S. The van der Waals surface area contributed by atoms with Gasteiger partial charge in [-0.25, -0.2) is 12.8 Å². The number of nitrogens with zero attached hydrogens (tertiary/aromatic N) is 1. The van der Waals surface area contributed by atoms with Gasteiger partial charge in [0.05, 0.1) is 10.6 Å². The predicted molar refractivity (Wildman–Crippen MR) is 107 cm³/mol. The second kappa shape index (κ2) is 8.41. The first-order valence-electron chi connectivity index (χ1n) is 9.38. The number of aryl methyl sites for hydroxylation is 1. The first-order valence-corrected chi connectivity index (χ1v) is 10.8. The molecule has 28 heavy (non-hydrogen) atoms. The highest BCUT2D eigenvalue weighted by molar-refractivity contribution is 7.89. The van der Waals surface area contributed by atoms with Crippen LogP contribution in [0.3, 0.4) is 0 Å². The first kappa shape index (κ1) is 20.5. The number of benzene rings is 2. The van der Waals surface area contributed by atoms with Gasteiger partial charge in [-0.05, 0) is 55.9 Å². The highest BCUT2D eigenvalue weighted by atomic mass is 32.2. The van der Waals surface area contributed by atoms with Gasteiger partial charge in [0.15, 0.2) is 0 Å². The summed E-state index contributed by atoms with van der Waals surface area (Å²) in [6.45, 7) is 4.17. The van der Waals surface area contributed by atoms with Gasteiger partial charge < -0.3 is 5.32 Å². The first-order chi connectivity index (χ1) is 13.3. The zero-order valence-corrected chi connectivity index (χ0v) is 16.9. The molecule has 1 aliphatic rings. The van der Waals surface area contributed by atoms with E-state index < -0.39 is 21.7 Å². The van der Waals surface area contributed by atoms with Crippen molar-refractivity contribution in [3.05, 3.63) is 59.4 Å². The molecule has 0 radical (unpaired) electrons. The van der Waals surface area contributed by atoms with Crippen molar-refractivity contribution < 1.29 is 17.6 Å². The Balaban J connectivity index is 1.77. The number of carbonyl (C=O) groups is 1. The molecule has 1 fully saturated rings. The van der Waals surface area contributed by atoms with Crippen molar-refractivity contribution in [3.63, 3.8) is 0 Å². The van der Waals surface area contributed by atoms with E-state index in [1.54, 1.807) is 0 Å². The molecule has 0 aliphatic carbocycles. The average molecular weight is 405 g/mol. The molecule has 1 unspecified atom stereocenters. The summed E-state index contributed by atoms with van der Waals surface area (Å²) in [6.07, 6.45) is 2.59. The molecule has 2 aromatic carbocycles. The van der Waals surface area contributed by atoms with Crippen molar-refractivity contribution in [1.29, 1.82) is 0 Å². The standard InChI is InChI=1S/C21H25FN2O3S/c1-15-5-7-17(8-6-15)12-18-4-3-11-24(14-18)28(26,27)19-9-10-20(22)21(13-19)23-16(2)25/h5-10,13,18H,3-4,11-12,14H2,1-2H3,(H,23,25). The minimum absolute atomic E-state index is 0.00589. The minimum atomic E-state index is -3.75. The normalized spacial score (nSPS) is 18.0. The molecule has 0 spiro atoms. The number of hydrogen-bond acceptors (Lipinski definition) is 3. The summed E-state index contributed by atoms with van der Waals surface area (Å²) in [5, 5.41) is 2.34. The zero-order chi connectivity index (χ0) is 20.3. The third kappa shape index (κ3) is 4.77. The number of anilines is 1. The lowest BCUT2D eigenvalue weighted by Gasteiger charge is -2.32. The molecule has 1 atom stereocenters. The number of hydrogen-bond donors (Lipinski definition) is 1. The molecule has 0 aromatic heterocycles. The molecule has 5 nitrogen and oxygen atoms in total. The molecule has 3 rings (SSSR count). The fourth-order valence-electron chi connectivity index (χ4n) is 3.57. The maximum atomic E-state index is 13.9. The van der Waals surface area contributed by atoms with Crippen LogP contribution in [0.1, 0.15) is 30.9 Å². The van der Waals surface area contributed by atoms with Gasteiger partial charge in [0.25, 0.3) is 0 Å². The number of halogens is 1. The molecule has 2 aromatic rings. The summed E-state index contributed by atoms with van der Waals surface area (Å²) < 4.78 is 41.5. The Hall–Kier alpha value is -2.25. The maximum absolute atomic E-state index is 13.9. The van der Waals surface area contributed by atoms with Crippen LogP contribution in [0.2, 0.25) is 0 Å². The molecule has 1 aliphatic heterocycles. The largest absolute Gasteiger partial charge is 0.324 e. The topological polar surface area (TPSA) is 66.5 Å². The number of amides is 1. The highest BCUT2D eigenvalue weighted by Gasteiger charge is 2.30. The van der Waals surface area contributed by atoms with E-state index in [0.29, 0.717) is 13.1 Å². The van der Waals surface area contributed by atoms with Gasteiger partial charge in [0.1, 0.15) is 5.82 Å². The Morgan fingerprint density at radius 2 is 1.93 bits per heavy atom. The molecular weight excluding hydrogens is 379 g/mol. The SMILES string of the molecule is CC(=O)Nc1cc(S(=O)(=O)N2CCCC(Cc3ccc(C)cc3)C2)ccc1F. The molecule has 0 bridgehead atoms. The second-order valence-electron chi connectivity index (χ2n) is 7.38. The fourth-order valence-corrected chi connectivity index (χ4v) is 5.15. The lowest BCUT2D eigenvalue weighted by Crippen LogP contribution is -2.40. The van der Waals surface area contributed by atoms with Crippen LogP contribution >= 0.6 is 0 Å². The Morgan fingerprint density at radius 3 is 2.61 bits per heavy atom. The highest BCUT2D eigenvalue weighted by Crippen LogP contribution is 2.28. The smallest absolute Gasteiger partial charge is 0.243 e. The van der Waals surface area contributed by atoms with E-state index in [1.807, 2.05) is 6.92 Å². The number of carbonyl (C=O) groups excluding carboxylic acids is 1. The average Bonchev–Trinajstić information content (AvgIpc) is 2.65. The van der Waals surface area contributed by atoms with Crippen LogP contribution in [0.25, 0.3) is 0 Å².